The molecule has 1 saturated heterocycles. The highest BCUT2D eigenvalue weighted by Crippen LogP contribution is 2.19. The summed E-state index contributed by atoms with van der Waals surface area (Å²) in [7, 11) is 0. The molecule has 0 saturated carbocycles. The van der Waals surface area contributed by atoms with Gasteiger partial charge in [-0.15, -0.1) is 0 Å². The van der Waals surface area contributed by atoms with E-state index in [0.29, 0.717) is 13.0 Å². The van der Waals surface area contributed by atoms with Gasteiger partial charge in [0.2, 0.25) is 5.91 Å². The van der Waals surface area contributed by atoms with E-state index >= 15 is 0 Å². The molecule has 0 aromatic rings. The van der Waals surface area contributed by atoms with Crippen molar-refractivity contribution in [3.05, 3.63) is 0 Å². The number of hydrogen-bond donors (Lipinski definition) is 1. The van der Waals surface area contributed by atoms with Crippen molar-refractivity contribution >= 4 is 28.9 Å². The van der Waals surface area contributed by atoms with Gasteiger partial charge < -0.3 is 13.1 Å². The lowest BCUT2D eigenvalue weighted by molar-refractivity contribution is -0.137. The molecule has 4 nitrogen and oxygen atoms in total. The molecule has 1 fully saturated rings. The Labute approximate surface area is 89.7 Å². The van der Waals surface area contributed by atoms with Crippen molar-refractivity contribution in [3.8, 4) is 0 Å². The Bertz CT molecular complexity index is 193. The predicted molar refractivity (Wildman–Crippen MR) is 52.1 cm³/mol. The Morgan fingerprint density at radius 3 is 2.92 bits per heavy atom. The summed E-state index contributed by atoms with van der Waals surface area (Å²) in [4.78, 5) is 12.3. The number of hydrogen-bond acceptors (Lipinski definition) is 3. The molecule has 0 spiro atoms. The van der Waals surface area contributed by atoms with Crippen LogP contribution in [0.25, 0.3) is 0 Å². The van der Waals surface area contributed by atoms with Gasteiger partial charge in [0.1, 0.15) is 41.9 Å². The lowest BCUT2D eigenvalue weighted by atomic mass is 10.1. The summed E-state index contributed by atoms with van der Waals surface area (Å²) in [6.45, 7) is -0.0803. The number of nitrogens with zero attached hydrogens (tertiary/aromatic N) is 1. The number of likely N-dealkylation sites (tertiary alicyclic amines) is 1. The minimum Gasteiger partial charge on any atom is -0.387 e. The van der Waals surface area contributed by atoms with Gasteiger partial charge in [-0.25, -0.2) is 4.39 Å². The quantitative estimate of drug-likeness (QED) is 0.746. The lowest BCUT2D eigenvalue weighted by Gasteiger charge is -2.32. The van der Waals surface area contributed by atoms with E-state index in [1.165, 1.54) is 4.90 Å². The van der Waals surface area contributed by atoms with Crippen LogP contribution < -0.4 is 0 Å². The molecule has 0 radical (unpaired) electrons. The molecule has 76 valence electrons. The van der Waals surface area contributed by atoms with Crippen molar-refractivity contribution < 1.29 is 17.4 Å². The van der Waals surface area contributed by atoms with Gasteiger partial charge in [-0.3, -0.25) is 4.79 Å². The number of aliphatic hydroxyl groups excluding tert-OH is 1. The van der Waals surface area contributed by atoms with Crippen LogP contribution in [0.3, 0.4) is 0 Å². The molecule has 1 rings (SSSR count). The lowest BCUT2D eigenvalue weighted by Crippen LogP contribution is -2.48. The fraction of sp³-hybridized carbons (Fsp3) is 0.857. The zero-order valence-corrected chi connectivity index (χ0v) is 9.11. The van der Waals surface area contributed by atoms with Crippen molar-refractivity contribution in [1.29, 1.82) is 0 Å². The van der Waals surface area contributed by atoms with Crippen molar-refractivity contribution in [2.24, 2.45) is 0 Å². The molecule has 0 aromatic heterocycles. The molecule has 1 amide bonds. The molecule has 1 aliphatic heterocycles. The number of carbonyl (C=O) groups is 1. The first-order valence-electron chi connectivity index (χ1n) is 3.99. The van der Waals surface area contributed by atoms with Crippen molar-refractivity contribution in [1.82, 2.24) is 4.90 Å². The molecule has 13 heavy (non-hydrogen) atoms. The third-order valence-corrected chi connectivity index (χ3v) is 2.74. The van der Waals surface area contributed by atoms with Crippen LogP contribution in [0.1, 0.15) is 6.42 Å². The highest BCUT2D eigenvalue weighted by Gasteiger charge is 2.31. The number of piperidine rings is 1. The summed E-state index contributed by atoms with van der Waals surface area (Å²) in [5.74, 6) is -0.422. The van der Waals surface area contributed by atoms with Gasteiger partial charge in [-0.1, -0.05) is 0 Å². The van der Waals surface area contributed by atoms with E-state index in [9.17, 15) is 9.18 Å². The summed E-state index contributed by atoms with van der Waals surface area (Å²) in [5, 5.41) is 8.55. The maximum absolute atomic E-state index is 13.2. The number of halogens is 2. The Kier molecular flexibility index (Phi) is 4.33. The summed E-state index contributed by atoms with van der Waals surface area (Å²) >= 11 is 1.66. The van der Waals surface area contributed by atoms with Gasteiger partial charge in [0.25, 0.3) is 0 Å². The molecule has 0 aromatic carbocycles. The molecule has 1 heterocycles. The van der Waals surface area contributed by atoms with Gasteiger partial charge in [0, 0.05) is 6.54 Å². The van der Waals surface area contributed by atoms with Gasteiger partial charge in [0.05, 0.1) is 6.54 Å². The minimum absolute atomic E-state index is 0.0209. The maximum Gasteiger partial charge on any atom is 0.248 e. The van der Waals surface area contributed by atoms with Gasteiger partial charge in [0.15, 0.2) is 0 Å². The van der Waals surface area contributed by atoms with E-state index in [1.807, 2.05) is 0 Å². The van der Waals surface area contributed by atoms with Crippen LogP contribution in [0.5, 0.6) is 0 Å². The minimum atomic E-state index is -1.15. The van der Waals surface area contributed by atoms with Crippen LogP contribution in [0.2, 0.25) is 0 Å². The predicted octanol–water partition coefficient (Wildman–Crippen LogP) is 0.284. The van der Waals surface area contributed by atoms with Crippen LogP contribution in [-0.4, -0.2) is 47.9 Å². The fourth-order valence-corrected chi connectivity index (χ4v) is 1.88. The van der Waals surface area contributed by atoms with E-state index in [1.54, 1.807) is 23.0 Å². The average Bonchev–Trinajstić information content (AvgIpc) is 2.16. The van der Waals surface area contributed by atoms with E-state index in [-0.39, 0.29) is 6.54 Å². The number of carbonyl (C=O) groups excluding carboxylic acids is 1. The summed E-state index contributed by atoms with van der Waals surface area (Å²) in [5.41, 5.74) is 0. The Morgan fingerprint density at radius 2 is 2.46 bits per heavy atom. The summed E-state index contributed by atoms with van der Waals surface area (Å²) < 4.78 is 18.0. The topological polar surface area (TPSA) is 49.8 Å². The molecule has 0 unspecified atom stereocenters. The van der Waals surface area contributed by atoms with Crippen molar-refractivity contribution in [2.45, 2.75) is 18.7 Å². The zero-order chi connectivity index (χ0) is 9.84. The number of alkyl halides is 1. The number of amides is 1. The summed E-state index contributed by atoms with van der Waals surface area (Å²) in [6.07, 6.45) is -1.10. The maximum atomic E-state index is 13.2. The second kappa shape index (κ2) is 5.06. The fourth-order valence-electron chi connectivity index (χ4n) is 1.31. The van der Waals surface area contributed by atoms with Gasteiger partial charge >= 0.3 is 0 Å². The number of rotatable bonds is 2. The van der Waals surface area contributed by atoms with E-state index in [4.69, 9.17) is 8.17 Å². The van der Waals surface area contributed by atoms with Crippen LogP contribution in [0, 0.1) is 0 Å². The Balaban J connectivity index is 2.45. The SMILES string of the molecule is O=C(CO)N1CC[C@@H](OI)[C@H](F)C1. The second-order valence-electron chi connectivity index (χ2n) is 2.93. The second-order valence-corrected chi connectivity index (χ2v) is 3.44. The first-order chi connectivity index (χ1) is 6.19. The highest BCUT2D eigenvalue weighted by atomic mass is 127. The van der Waals surface area contributed by atoms with Gasteiger partial charge in [-0.2, -0.15) is 0 Å². The Hall–Kier alpha value is 0.0500. The molecule has 6 heteroatoms. The van der Waals surface area contributed by atoms with Crippen LogP contribution >= 0.6 is 23.0 Å². The monoisotopic (exact) mass is 303 g/mol. The van der Waals surface area contributed by atoms with Crippen LogP contribution in [0.15, 0.2) is 0 Å². The van der Waals surface area contributed by atoms with Crippen molar-refractivity contribution in [2.75, 3.05) is 19.7 Å². The zero-order valence-electron chi connectivity index (χ0n) is 6.95. The molecule has 0 bridgehead atoms. The van der Waals surface area contributed by atoms with Gasteiger partial charge in [-0.05, 0) is 6.42 Å². The third-order valence-electron chi connectivity index (χ3n) is 2.08. The first-order valence-corrected chi connectivity index (χ1v) is 4.87. The van der Waals surface area contributed by atoms with E-state index < -0.39 is 24.8 Å². The first kappa shape index (κ1) is 11.1. The largest absolute Gasteiger partial charge is 0.387 e. The average molecular weight is 303 g/mol. The smallest absolute Gasteiger partial charge is 0.248 e. The van der Waals surface area contributed by atoms with E-state index in [2.05, 4.69) is 0 Å². The van der Waals surface area contributed by atoms with Crippen molar-refractivity contribution in [3.63, 3.8) is 0 Å². The highest BCUT2D eigenvalue weighted by molar-refractivity contribution is 14.1. The molecule has 1 N–H and O–H groups in total. The molecule has 1 aliphatic rings. The summed E-state index contributed by atoms with van der Waals surface area (Å²) in [6, 6.07) is 0. The third kappa shape index (κ3) is 2.75. The Morgan fingerprint density at radius 1 is 1.77 bits per heavy atom. The van der Waals surface area contributed by atoms with E-state index in [0.717, 1.165) is 0 Å². The standard InChI is InChI=1S/C7H11FINO3/c8-5-3-10(7(12)4-11)2-1-6(5)13-9/h5-6,11H,1-4H2/t5-,6-/m1/s1. The molecule has 2 atom stereocenters. The molecular weight excluding hydrogens is 292 g/mol. The number of aliphatic hydroxyl groups is 1. The molecular formula is C7H11FINO3. The van der Waals surface area contributed by atoms with Crippen LogP contribution in [-0.2, 0) is 7.86 Å². The molecule has 0 aliphatic carbocycles. The van der Waals surface area contributed by atoms with Crippen LogP contribution in [0.4, 0.5) is 4.39 Å². The normalized spacial score (nSPS) is 29.0.